The highest BCUT2D eigenvalue weighted by molar-refractivity contribution is 6.47. The zero-order valence-electron chi connectivity index (χ0n) is 6.13. The van der Waals surface area contributed by atoms with Crippen molar-refractivity contribution in [1.82, 2.24) is 0 Å². The van der Waals surface area contributed by atoms with Crippen LogP contribution in [-0.2, 0) is 11.2 Å². The van der Waals surface area contributed by atoms with Crippen LogP contribution >= 0.6 is 11.6 Å². The monoisotopic (exact) mass is 180 g/mol. The zero-order chi connectivity index (χ0) is 8.72. The van der Waals surface area contributed by atoms with Gasteiger partial charge in [-0.3, -0.25) is 9.59 Å². The van der Waals surface area contributed by atoms with Crippen molar-refractivity contribution in [3.63, 3.8) is 0 Å². The lowest BCUT2D eigenvalue weighted by Gasteiger charge is -1.94. The van der Waals surface area contributed by atoms with Crippen LogP contribution in [0.2, 0.25) is 5.02 Å². The summed E-state index contributed by atoms with van der Waals surface area (Å²) in [6, 6.07) is 4.96. The zero-order valence-corrected chi connectivity index (χ0v) is 6.89. The molecule has 0 N–H and O–H groups in total. The van der Waals surface area contributed by atoms with Gasteiger partial charge in [0.25, 0.3) is 0 Å². The van der Waals surface area contributed by atoms with E-state index >= 15 is 0 Å². The summed E-state index contributed by atoms with van der Waals surface area (Å²) in [7, 11) is 0. The van der Waals surface area contributed by atoms with Crippen molar-refractivity contribution >= 4 is 23.2 Å². The van der Waals surface area contributed by atoms with Gasteiger partial charge in [0.1, 0.15) is 0 Å². The quantitative estimate of drug-likeness (QED) is 0.569. The maximum absolute atomic E-state index is 11.1. The molecule has 1 aliphatic carbocycles. The maximum atomic E-state index is 11.1. The third-order valence-electron chi connectivity index (χ3n) is 1.92. The molecule has 1 aliphatic rings. The van der Waals surface area contributed by atoms with E-state index in [1.165, 1.54) is 0 Å². The topological polar surface area (TPSA) is 34.1 Å². The van der Waals surface area contributed by atoms with Crippen LogP contribution in [0.3, 0.4) is 0 Å². The third kappa shape index (κ3) is 0.959. The lowest BCUT2D eigenvalue weighted by Crippen LogP contribution is -2.05. The fourth-order valence-corrected chi connectivity index (χ4v) is 1.49. The Bertz CT molecular complexity index is 382. The molecule has 0 fully saturated rings. The highest BCUT2D eigenvalue weighted by atomic mass is 35.5. The number of carbonyl (C=O) groups excluding carboxylic acids is 2. The predicted molar refractivity (Wildman–Crippen MR) is 44.5 cm³/mol. The van der Waals surface area contributed by atoms with Gasteiger partial charge in [0.05, 0.1) is 0 Å². The molecule has 3 heteroatoms. The largest absolute Gasteiger partial charge is 0.290 e. The van der Waals surface area contributed by atoms with Crippen molar-refractivity contribution in [1.29, 1.82) is 0 Å². The molecule has 0 bridgehead atoms. The molecule has 0 saturated heterocycles. The van der Waals surface area contributed by atoms with Crippen LogP contribution in [0, 0.1) is 0 Å². The first-order valence-corrected chi connectivity index (χ1v) is 3.92. The second-order valence-electron chi connectivity index (χ2n) is 2.73. The predicted octanol–water partition coefficient (Wildman–Crippen LogP) is 1.65. The maximum Gasteiger partial charge on any atom is 0.229 e. The summed E-state index contributed by atoms with van der Waals surface area (Å²) in [6.45, 7) is 0. The molecule has 0 atom stereocenters. The molecule has 2 rings (SSSR count). The first-order valence-electron chi connectivity index (χ1n) is 3.54. The number of hydrogen-bond acceptors (Lipinski definition) is 2. The molecule has 0 aliphatic heterocycles. The van der Waals surface area contributed by atoms with Crippen molar-refractivity contribution in [2.75, 3.05) is 0 Å². The van der Waals surface area contributed by atoms with Gasteiger partial charge >= 0.3 is 0 Å². The number of benzene rings is 1. The average Bonchev–Trinajstić information content (AvgIpc) is 2.31. The van der Waals surface area contributed by atoms with E-state index in [0.717, 1.165) is 5.56 Å². The molecule has 12 heavy (non-hydrogen) atoms. The van der Waals surface area contributed by atoms with Gasteiger partial charge in [-0.1, -0.05) is 17.7 Å². The Morgan fingerprint density at radius 2 is 2.00 bits per heavy atom. The molecule has 0 amide bonds. The van der Waals surface area contributed by atoms with Gasteiger partial charge < -0.3 is 0 Å². The van der Waals surface area contributed by atoms with E-state index in [1.54, 1.807) is 18.2 Å². The van der Waals surface area contributed by atoms with Crippen LogP contribution in [0.25, 0.3) is 0 Å². The normalized spacial score (nSPS) is 15.1. The van der Waals surface area contributed by atoms with Gasteiger partial charge in [0.2, 0.25) is 11.6 Å². The lowest BCUT2D eigenvalue weighted by atomic mass is 10.1. The van der Waals surface area contributed by atoms with Gasteiger partial charge in [-0.15, -0.1) is 0 Å². The fourth-order valence-electron chi connectivity index (χ4n) is 1.32. The molecule has 0 unspecified atom stereocenters. The Hall–Kier alpha value is -1.15. The van der Waals surface area contributed by atoms with Crippen LogP contribution < -0.4 is 0 Å². The van der Waals surface area contributed by atoms with Gasteiger partial charge in [0.15, 0.2) is 0 Å². The van der Waals surface area contributed by atoms with E-state index in [0.29, 0.717) is 10.6 Å². The molecule has 60 valence electrons. The second-order valence-corrected chi connectivity index (χ2v) is 3.17. The average molecular weight is 181 g/mol. The van der Waals surface area contributed by atoms with Crippen molar-refractivity contribution in [3.8, 4) is 0 Å². The summed E-state index contributed by atoms with van der Waals surface area (Å²) < 4.78 is 0. The number of fused-ring (bicyclic) bond motifs is 1. The molecule has 0 aromatic heterocycles. The van der Waals surface area contributed by atoms with Crippen LogP contribution in [0.15, 0.2) is 18.2 Å². The molecule has 2 nitrogen and oxygen atoms in total. The van der Waals surface area contributed by atoms with Crippen LogP contribution in [-0.4, -0.2) is 11.6 Å². The molecule has 0 heterocycles. The number of halogens is 1. The summed E-state index contributed by atoms with van der Waals surface area (Å²) in [5.74, 6) is -0.750. The van der Waals surface area contributed by atoms with E-state index in [1.807, 2.05) is 0 Å². The van der Waals surface area contributed by atoms with E-state index in [2.05, 4.69) is 0 Å². The number of Topliss-reactive ketones (excluding diaryl/α,β-unsaturated/α-hetero) is 2. The molecule has 1 aromatic rings. The van der Waals surface area contributed by atoms with E-state index in [4.69, 9.17) is 11.6 Å². The lowest BCUT2D eigenvalue weighted by molar-refractivity contribution is -0.114. The summed E-state index contributed by atoms with van der Waals surface area (Å²) >= 11 is 5.67. The summed E-state index contributed by atoms with van der Waals surface area (Å²) in [5, 5.41) is 0.497. The minimum atomic E-state index is -0.410. The van der Waals surface area contributed by atoms with Gasteiger partial charge in [-0.05, 0) is 17.7 Å². The van der Waals surface area contributed by atoms with Gasteiger partial charge in [-0.2, -0.15) is 0 Å². The SMILES string of the molecule is O=C1Cc2ccc(Cl)cc2C1=O. The Kier molecular flexibility index (Phi) is 1.51. The minimum absolute atomic E-state index is 0.228. The van der Waals surface area contributed by atoms with Gasteiger partial charge in [-0.25, -0.2) is 0 Å². The second kappa shape index (κ2) is 2.42. The minimum Gasteiger partial charge on any atom is -0.290 e. The first kappa shape index (κ1) is 7.50. The number of hydrogen-bond donors (Lipinski definition) is 0. The van der Waals surface area contributed by atoms with E-state index in [9.17, 15) is 9.59 Å². The van der Waals surface area contributed by atoms with Gasteiger partial charge in [0, 0.05) is 17.0 Å². The van der Waals surface area contributed by atoms with E-state index < -0.39 is 5.78 Å². The molecular weight excluding hydrogens is 176 g/mol. The number of rotatable bonds is 0. The summed E-state index contributed by atoms with van der Waals surface area (Å²) in [6.07, 6.45) is 0.228. The number of carbonyl (C=O) groups is 2. The fraction of sp³-hybridized carbons (Fsp3) is 0.111. The van der Waals surface area contributed by atoms with Crippen molar-refractivity contribution < 1.29 is 9.59 Å². The van der Waals surface area contributed by atoms with Crippen LogP contribution in [0.1, 0.15) is 15.9 Å². The Morgan fingerprint density at radius 3 is 2.75 bits per heavy atom. The molecule has 0 radical (unpaired) electrons. The molecule has 1 aromatic carbocycles. The highest BCUT2D eigenvalue weighted by Gasteiger charge is 2.27. The molecule has 0 spiro atoms. The molecular formula is C9H5ClO2. The van der Waals surface area contributed by atoms with Crippen molar-refractivity contribution in [2.45, 2.75) is 6.42 Å². The molecule has 0 saturated carbocycles. The van der Waals surface area contributed by atoms with Crippen LogP contribution in [0.5, 0.6) is 0 Å². The van der Waals surface area contributed by atoms with Crippen molar-refractivity contribution in [3.05, 3.63) is 34.3 Å². The number of ketones is 2. The Balaban J connectivity index is 2.63. The summed E-state index contributed by atoms with van der Waals surface area (Å²) in [4.78, 5) is 22.1. The highest BCUT2D eigenvalue weighted by Crippen LogP contribution is 2.22. The smallest absolute Gasteiger partial charge is 0.229 e. The standard InChI is InChI=1S/C9H5ClO2/c10-6-2-1-5-3-8(11)9(12)7(5)4-6/h1-2,4H,3H2. The van der Waals surface area contributed by atoms with Crippen molar-refractivity contribution in [2.24, 2.45) is 0 Å². The Labute approximate surface area is 74.1 Å². The first-order chi connectivity index (χ1) is 5.68. The van der Waals surface area contributed by atoms with Crippen LogP contribution in [0.4, 0.5) is 0 Å². The Morgan fingerprint density at radius 1 is 1.25 bits per heavy atom. The van der Waals surface area contributed by atoms with E-state index in [-0.39, 0.29) is 12.2 Å². The summed E-state index contributed by atoms with van der Waals surface area (Å²) in [5.41, 5.74) is 1.25. The third-order valence-corrected chi connectivity index (χ3v) is 2.16.